The molecule has 4 heteroatoms. The second kappa shape index (κ2) is 7.26. The van der Waals surface area contributed by atoms with Crippen molar-refractivity contribution in [3.63, 3.8) is 0 Å². The van der Waals surface area contributed by atoms with E-state index in [1.165, 1.54) is 0 Å². The zero-order valence-corrected chi connectivity index (χ0v) is 11.8. The van der Waals surface area contributed by atoms with Crippen molar-refractivity contribution in [1.29, 1.82) is 0 Å². The van der Waals surface area contributed by atoms with Crippen molar-refractivity contribution < 1.29 is 4.74 Å². The molecule has 0 saturated heterocycles. The van der Waals surface area contributed by atoms with E-state index in [1.807, 2.05) is 28.8 Å². The third-order valence-corrected chi connectivity index (χ3v) is 2.81. The molecule has 1 N–H and O–H groups in total. The third kappa shape index (κ3) is 4.65. The number of fused-ring (bicyclic) bond motifs is 1. The number of pyridine rings is 1. The molecule has 0 bridgehead atoms. The van der Waals surface area contributed by atoms with Gasteiger partial charge in [-0.05, 0) is 31.0 Å². The number of nitrogens with zero attached hydrogens (tertiary/aromatic N) is 2. The first kappa shape index (κ1) is 14.0. The van der Waals surface area contributed by atoms with Crippen molar-refractivity contribution in [3.8, 4) is 0 Å². The second-order valence-corrected chi connectivity index (χ2v) is 5.20. The number of rotatable bonds is 8. The molecule has 0 aromatic carbocycles. The van der Waals surface area contributed by atoms with Crippen LogP contribution in [0.3, 0.4) is 0 Å². The fraction of sp³-hybridized carbons (Fsp3) is 0.533. The molecule has 0 saturated carbocycles. The van der Waals surface area contributed by atoms with Crippen molar-refractivity contribution in [3.05, 3.63) is 36.3 Å². The third-order valence-electron chi connectivity index (χ3n) is 2.81. The van der Waals surface area contributed by atoms with Crippen LogP contribution in [0.5, 0.6) is 0 Å². The highest BCUT2D eigenvalue weighted by Gasteiger charge is 2.00. The lowest BCUT2D eigenvalue weighted by Gasteiger charge is -2.06. The Kier molecular flexibility index (Phi) is 5.36. The lowest BCUT2D eigenvalue weighted by Crippen LogP contribution is -2.17. The van der Waals surface area contributed by atoms with Crippen molar-refractivity contribution in [2.75, 3.05) is 19.8 Å². The molecule has 4 nitrogen and oxygen atoms in total. The molecule has 2 aromatic heterocycles. The van der Waals surface area contributed by atoms with Crippen LogP contribution in [0.25, 0.3) is 5.65 Å². The van der Waals surface area contributed by atoms with Gasteiger partial charge in [-0.2, -0.15) is 0 Å². The average Bonchev–Trinajstić information content (AvgIpc) is 2.79. The normalized spacial score (nSPS) is 11.5. The molecule has 104 valence electrons. The van der Waals surface area contributed by atoms with E-state index in [4.69, 9.17) is 4.74 Å². The summed E-state index contributed by atoms with van der Waals surface area (Å²) in [4.78, 5) is 4.54. The number of hydrogen-bond donors (Lipinski definition) is 1. The highest BCUT2D eigenvalue weighted by molar-refractivity contribution is 5.39. The maximum absolute atomic E-state index is 5.54. The predicted molar refractivity (Wildman–Crippen MR) is 77.2 cm³/mol. The molecule has 0 atom stereocenters. The zero-order chi connectivity index (χ0) is 13.5. The summed E-state index contributed by atoms with van der Waals surface area (Å²) < 4.78 is 7.58. The fourth-order valence-electron chi connectivity index (χ4n) is 1.91. The van der Waals surface area contributed by atoms with Gasteiger partial charge in [0, 0.05) is 32.2 Å². The molecule has 2 aromatic rings. The van der Waals surface area contributed by atoms with Gasteiger partial charge in [-0.1, -0.05) is 19.9 Å². The molecule has 0 radical (unpaired) electrons. The minimum atomic E-state index is 0.617. The summed E-state index contributed by atoms with van der Waals surface area (Å²) in [5.41, 5.74) is 2.08. The first-order valence-corrected chi connectivity index (χ1v) is 6.97. The van der Waals surface area contributed by atoms with Crippen LogP contribution in [0.2, 0.25) is 0 Å². The van der Waals surface area contributed by atoms with Crippen LogP contribution in [0, 0.1) is 5.92 Å². The summed E-state index contributed by atoms with van der Waals surface area (Å²) in [6.07, 6.45) is 5.13. The van der Waals surface area contributed by atoms with Gasteiger partial charge in [0.15, 0.2) is 0 Å². The summed E-state index contributed by atoms with van der Waals surface area (Å²) >= 11 is 0. The first-order chi connectivity index (χ1) is 9.25. The summed E-state index contributed by atoms with van der Waals surface area (Å²) in [5, 5.41) is 3.39. The van der Waals surface area contributed by atoms with Crippen LogP contribution in [0.1, 0.15) is 26.0 Å². The monoisotopic (exact) mass is 261 g/mol. The maximum Gasteiger partial charge on any atom is 0.137 e. The lowest BCUT2D eigenvalue weighted by molar-refractivity contribution is 0.108. The Morgan fingerprint density at radius 2 is 2.26 bits per heavy atom. The van der Waals surface area contributed by atoms with Crippen molar-refractivity contribution >= 4 is 5.65 Å². The Morgan fingerprint density at radius 1 is 1.37 bits per heavy atom. The van der Waals surface area contributed by atoms with Gasteiger partial charge in [-0.15, -0.1) is 0 Å². The fourth-order valence-corrected chi connectivity index (χ4v) is 1.91. The van der Waals surface area contributed by atoms with E-state index in [0.29, 0.717) is 5.92 Å². The van der Waals surface area contributed by atoms with Gasteiger partial charge in [0.05, 0.1) is 5.69 Å². The Hall–Kier alpha value is -1.39. The van der Waals surface area contributed by atoms with Gasteiger partial charge in [0.25, 0.3) is 0 Å². The molecular formula is C15H23N3O. The van der Waals surface area contributed by atoms with Crippen LogP contribution in [0.15, 0.2) is 30.6 Å². The van der Waals surface area contributed by atoms with Crippen molar-refractivity contribution in [1.82, 2.24) is 14.7 Å². The largest absolute Gasteiger partial charge is 0.381 e. The molecule has 0 amide bonds. The minimum absolute atomic E-state index is 0.617. The van der Waals surface area contributed by atoms with Crippen molar-refractivity contribution in [2.24, 2.45) is 5.92 Å². The molecule has 2 heterocycles. The van der Waals surface area contributed by atoms with Crippen LogP contribution < -0.4 is 5.32 Å². The van der Waals surface area contributed by atoms with E-state index in [0.717, 1.165) is 44.1 Å². The minimum Gasteiger partial charge on any atom is -0.381 e. The number of imidazole rings is 1. The smallest absolute Gasteiger partial charge is 0.137 e. The van der Waals surface area contributed by atoms with E-state index >= 15 is 0 Å². The molecule has 0 aliphatic carbocycles. The van der Waals surface area contributed by atoms with Gasteiger partial charge in [-0.25, -0.2) is 4.98 Å². The lowest BCUT2D eigenvalue weighted by atomic mass is 10.2. The SMILES string of the molecule is CC(C)COCCCNCc1cn2ccccc2n1. The van der Waals surface area contributed by atoms with Crippen LogP contribution in [-0.4, -0.2) is 29.1 Å². The van der Waals surface area contributed by atoms with E-state index in [1.54, 1.807) is 0 Å². The summed E-state index contributed by atoms with van der Waals surface area (Å²) in [6.45, 7) is 7.80. The Labute approximate surface area is 114 Å². The Bertz CT molecular complexity index is 460. The van der Waals surface area contributed by atoms with Gasteiger partial charge < -0.3 is 14.5 Å². The van der Waals surface area contributed by atoms with Gasteiger partial charge >= 0.3 is 0 Å². The first-order valence-electron chi connectivity index (χ1n) is 6.97. The maximum atomic E-state index is 5.54. The molecular weight excluding hydrogens is 238 g/mol. The van der Waals surface area contributed by atoms with Crippen LogP contribution in [0.4, 0.5) is 0 Å². The second-order valence-electron chi connectivity index (χ2n) is 5.20. The van der Waals surface area contributed by atoms with E-state index in [-0.39, 0.29) is 0 Å². The predicted octanol–water partition coefficient (Wildman–Crippen LogP) is 2.49. The molecule has 0 aliphatic rings. The summed E-state index contributed by atoms with van der Waals surface area (Å²) in [6, 6.07) is 6.03. The number of hydrogen-bond acceptors (Lipinski definition) is 3. The molecule has 19 heavy (non-hydrogen) atoms. The topological polar surface area (TPSA) is 38.6 Å². The summed E-state index contributed by atoms with van der Waals surface area (Å²) in [7, 11) is 0. The van der Waals surface area contributed by atoms with E-state index in [9.17, 15) is 0 Å². The Morgan fingerprint density at radius 3 is 3.05 bits per heavy atom. The van der Waals surface area contributed by atoms with Crippen LogP contribution >= 0.6 is 0 Å². The molecule has 2 rings (SSSR count). The summed E-state index contributed by atoms with van der Waals surface area (Å²) in [5.74, 6) is 0.617. The Balaban J connectivity index is 1.63. The van der Waals surface area contributed by atoms with Gasteiger partial charge in [0.1, 0.15) is 5.65 Å². The van der Waals surface area contributed by atoms with Gasteiger partial charge in [0.2, 0.25) is 0 Å². The van der Waals surface area contributed by atoms with Gasteiger partial charge in [-0.3, -0.25) is 0 Å². The van der Waals surface area contributed by atoms with E-state index in [2.05, 4.69) is 30.3 Å². The molecule has 0 aliphatic heterocycles. The average molecular weight is 261 g/mol. The molecule has 0 spiro atoms. The number of aromatic nitrogens is 2. The zero-order valence-electron chi connectivity index (χ0n) is 11.8. The van der Waals surface area contributed by atoms with Crippen LogP contribution in [-0.2, 0) is 11.3 Å². The molecule has 0 unspecified atom stereocenters. The highest BCUT2D eigenvalue weighted by Crippen LogP contribution is 2.03. The highest BCUT2D eigenvalue weighted by atomic mass is 16.5. The van der Waals surface area contributed by atoms with E-state index < -0.39 is 0 Å². The number of nitrogens with one attached hydrogen (secondary N) is 1. The standard InChI is InChI=1S/C15H23N3O/c1-13(2)12-19-9-5-7-16-10-14-11-18-8-4-3-6-15(18)17-14/h3-4,6,8,11,13,16H,5,7,9-10,12H2,1-2H3. The van der Waals surface area contributed by atoms with Crippen molar-refractivity contribution in [2.45, 2.75) is 26.8 Å². The number of ether oxygens (including phenoxy) is 1. The quantitative estimate of drug-likeness (QED) is 0.742. The molecule has 0 fully saturated rings.